The third-order valence-electron chi connectivity index (χ3n) is 6.11. The molecule has 29 heavy (non-hydrogen) atoms. The zero-order valence-electron chi connectivity index (χ0n) is 18.1. The molecule has 1 N–H and O–H groups in total. The molecule has 0 radical (unpaired) electrons. The zero-order valence-corrected chi connectivity index (χ0v) is 23.6. The van der Waals surface area contributed by atoms with E-state index in [1.54, 1.807) is 7.11 Å². The summed E-state index contributed by atoms with van der Waals surface area (Å²) in [6, 6.07) is 9.51. The number of hydrogen-bond acceptors (Lipinski definition) is 6. The number of ether oxygens (including phenoxy) is 2. The van der Waals surface area contributed by atoms with E-state index in [0.717, 1.165) is 18.4 Å². The van der Waals surface area contributed by atoms with Gasteiger partial charge in [-0.05, 0) is 0 Å². The number of aliphatic hydroxyl groups is 1. The van der Waals surface area contributed by atoms with Gasteiger partial charge in [0.15, 0.2) is 0 Å². The van der Waals surface area contributed by atoms with Crippen molar-refractivity contribution in [2.75, 3.05) is 7.11 Å². The average molecular weight is 593 g/mol. The van der Waals surface area contributed by atoms with Crippen molar-refractivity contribution < 1.29 is 51.8 Å². The summed E-state index contributed by atoms with van der Waals surface area (Å²) in [7, 11) is 1.57. The van der Waals surface area contributed by atoms with E-state index in [1.807, 2.05) is 37.3 Å². The van der Waals surface area contributed by atoms with Gasteiger partial charge in [-0.2, -0.15) is 0 Å². The number of carbonyl (C=O) groups excluding carboxylic acids is 2. The van der Waals surface area contributed by atoms with E-state index in [1.165, 1.54) is 6.92 Å². The Hall–Kier alpha value is -0.985. The maximum atomic E-state index is 13.4. The van der Waals surface area contributed by atoms with Gasteiger partial charge < -0.3 is 0 Å². The molecule has 0 amide bonds. The van der Waals surface area contributed by atoms with E-state index in [0.29, 0.717) is 12.3 Å². The van der Waals surface area contributed by atoms with Crippen LogP contribution in [0, 0.1) is 11.8 Å². The third kappa shape index (κ3) is 6.25. The molecule has 1 aliphatic carbocycles. The second-order valence-electron chi connectivity index (χ2n) is 8.38. The molecule has 0 aromatic heterocycles. The number of esters is 1. The summed E-state index contributed by atoms with van der Waals surface area (Å²) < 4.78 is 16.6. The van der Waals surface area contributed by atoms with Crippen LogP contribution in [0.1, 0.15) is 52.5 Å². The van der Waals surface area contributed by atoms with Gasteiger partial charge in [-0.25, -0.2) is 0 Å². The Bertz CT molecular complexity index is 679. The summed E-state index contributed by atoms with van der Waals surface area (Å²) >= 11 is -2.53. The van der Waals surface area contributed by atoms with Crippen molar-refractivity contribution in [2.45, 2.75) is 68.2 Å². The first kappa shape index (κ1) is 24.3. The van der Waals surface area contributed by atoms with E-state index >= 15 is 0 Å². The van der Waals surface area contributed by atoms with Crippen LogP contribution in [0.5, 0.6) is 0 Å². The van der Waals surface area contributed by atoms with Crippen molar-refractivity contribution in [2.24, 2.45) is 11.8 Å². The first-order valence-electron chi connectivity index (χ1n) is 10.3. The van der Waals surface area contributed by atoms with Gasteiger partial charge in [0.25, 0.3) is 0 Å². The van der Waals surface area contributed by atoms with Crippen LogP contribution in [0.2, 0.25) is 3.43 Å². The summed E-state index contributed by atoms with van der Waals surface area (Å²) in [5.41, 5.74) is -0.0867. The molecule has 0 aliphatic heterocycles. The first-order chi connectivity index (χ1) is 13.7. The minimum atomic E-state index is -2.53. The summed E-state index contributed by atoms with van der Waals surface area (Å²) in [6.07, 6.45) is 1.21. The van der Waals surface area contributed by atoms with E-state index < -0.39 is 40.2 Å². The van der Waals surface area contributed by atoms with Gasteiger partial charge in [0.05, 0.1) is 0 Å². The standard InChI is InChI=1S/C20H29O4.C2H4O2.Hg/c1-14(2)17-11-10-16(21)12-18(17)24-19(22)13-20(3,23-4)15-8-6-5-7-9-15;1-2(3)4;/h5-9,13-14,16-18,21H,10-12H2,1-4H3;1H3,(H,3,4);/q;;+1/p-1/t16-,17+,18-,20-;;/m1../s1. The Morgan fingerprint density at radius 1 is 1.21 bits per heavy atom. The predicted molar refractivity (Wildman–Crippen MR) is 104 cm³/mol. The van der Waals surface area contributed by atoms with Crippen molar-refractivity contribution >= 4 is 11.9 Å². The fourth-order valence-corrected chi connectivity index (χ4v) is 9.41. The van der Waals surface area contributed by atoms with Gasteiger partial charge >= 0.3 is 187 Å². The monoisotopic (exact) mass is 594 g/mol. The number of methoxy groups -OCH3 is 1. The molecule has 1 saturated carbocycles. The molecule has 0 saturated heterocycles. The van der Waals surface area contributed by atoms with Crippen LogP contribution < -0.4 is 0 Å². The van der Waals surface area contributed by atoms with Crippen LogP contribution in [0.4, 0.5) is 0 Å². The molecule has 5 atom stereocenters. The third-order valence-corrected chi connectivity index (χ3v) is 14.0. The topological polar surface area (TPSA) is 82.1 Å². The minimum absolute atomic E-state index is 0.207. The van der Waals surface area contributed by atoms with Crippen LogP contribution in [0.15, 0.2) is 30.3 Å². The Kier molecular flexibility index (Phi) is 9.10. The van der Waals surface area contributed by atoms with E-state index in [4.69, 9.17) is 12.1 Å². The molecule has 1 aromatic rings. The van der Waals surface area contributed by atoms with Gasteiger partial charge in [0.2, 0.25) is 0 Å². The molecule has 7 heteroatoms. The summed E-state index contributed by atoms with van der Waals surface area (Å²) in [5, 5.41) is 10.1. The zero-order chi connectivity index (χ0) is 21.6. The van der Waals surface area contributed by atoms with Crippen LogP contribution >= 0.6 is 0 Å². The molecule has 0 spiro atoms. The molecule has 1 aliphatic rings. The predicted octanol–water partition coefficient (Wildman–Crippen LogP) is 3.63. The van der Waals surface area contributed by atoms with Crippen molar-refractivity contribution in [3.05, 3.63) is 35.9 Å². The van der Waals surface area contributed by atoms with Crippen molar-refractivity contribution in [1.82, 2.24) is 0 Å². The molecular weight excluding hydrogens is 561 g/mol. The Morgan fingerprint density at radius 2 is 1.86 bits per heavy atom. The number of rotatable bonds is 8. The van der Waals surface area contributed by atoms with E-state index in [-0.39, 0.29) is 24.0 Å². The SMILES string of the molecule is CO[C@@](C)(c1ccccc1)[C@@H]([Hg][O]C(C)=O)C(=O)O[C@@H]1C[C@H](O)CC[C@H]1C(C)C. The number of carbonyl (C=O) groups is 2. The quantitative estimate of drug-likeness (QED) is 0.367. The Morgan fingerprint density at radius 3 is 2.41 bits per heavy atom. The number of benzene rings is 1. The Balaban J connectivity index is 2.30. The molecule has 1 aromatic carbocycles. The summed E-state index contributed by atoms with van der Waals surface area (Å²) in [5.74, 6) is -0.200. The summed E-state index contributed by atoms with van der Waals surface area (Å²) in [6.45, 7) is 7.44. The maximum absolute atomic E-state index is 13.4. The van der Waals surface area contributed by atoms with Crippen LogP contribution in [-0.2, 0) is 52.3 Å². The fraction of sp³-hybridized carbons (Fsp3) is 0.636. The molecule has 0 bridgehead atoms. The molecule has 0 heterocycles. The number of hydrogen-bond donors (Lipinski definition) is 1. The molecule has 6 nitrogen and oxygen atoms in total. The van der Waals surface area contributed by atoms with Crippen molar-refractivity contribution in [1.29, 1.82) is 0 Å². The first-order valence-corrected chi connectivity index (χ1v) is 15.7. The molecular formula is C22H32HgO6. The van der Waals surface area contributed by atoms with Crippen molar-refractivity contribution in [3.63, 3.8) is 0 Å². The second-order valence-corrected chi connectivity index (χ2v) is 14.0. The van der Waals surface area contributed by atoms with Crippen LogP contribution in [0.25, 0.3) is 0 Å². The molecule has 2 rings (SSSR count). The fourth-order valence-electron chi connectivity index (χ4n) is 4.14. The van der Waals surface area contributed by atoms with Crippen LogP contribution in [0.3, 0.4) is 0 Å². The van der Waals surface area contributed by atoms with Gasteiger partial charge in [-0.3, -0.25) is 0 Å². The van der Waals surface area contributed by atoms with Gasteiger partial charge in [-0.1, -0.05) is 0 Å². The van der Waals surface area contributed by atoms with Crippen molar-refractivity contribution in [3.8, 4) is 0 Å². The van der Waals surface area contributed by atoms with Gasteiger partial charge in [0, 0.05) is 0 Å². The van der Waals surface area contributed by atoms with E-state index in [9.17, 15) is 14.7 Å². The van der Waals surface area contributed by atoms with E-state index in [2.05, 4.69) is 13.8 Å². The molecule has 158 valence electrons. The number of aliphatic hydroxyl groups excluding tert-OH is 1. The molecule has 1 fully saturated rings. The molecule has 0 unspecified atom stereocenters. The normalized spacial score (nSPS) is 24.9. The Labute approximate surface area is 186 Å². The van der Waals surface area contributed by atoms with Gasteiger partial charge in [0.1, 0.15) is 0 Å². The average Bonchev–Trinajstić information content (AvgIpc) is 2.68. The van der Waals surface area contributed by atoms with Gasteiger partial charge in [-0.15, -0.1) is 0 Å². The van der Waals surface area contributed by atoms with Crippen LogP contribution in [-0.4, -0.2) is 36.4 Å². The summed E-state index contributed by atoms with van der Waals surface area (Å²) in [4.78, 5) is 24.9. The second kappa shape index (κ2) is 10.9.